The number of hydrogen-bond donors (Lipinski definition) is 1. The lowest BCUT2D eigenvalue weighted by Crippen LogP contribution is -2.35. The molecular weight excluding hydrogens is 474 g/mol. The molecule has 1 fully saturated rings. The molecule has 0 bridgehead atoms. The van der Waals surface area contributed by atoms with Crippen LogP contribution in [-0.2, 0) is 11.3 Å². The average Bonchev–Trinajstić information content (AvgIpc) is 3.50. The van der Waals surface area contributed by atoms with Crippen LogP contribution >= 0.6 is 11.6 Å². The Morgan fingerprint density at radius 3 is 2.43 bits per heavy atom. The topological polar surface area (TPSA) is 100 Å². The molecule has 0 amide bonds. The molecular formula is C23H26ClN7O4. The van der Waals surface area contributed by atoms with Gasteiger partial charge in [-0.15, -0.1) is 0 Å². The Kier molecular flexibility index (Phi) is 6.62. The fourth-order valence-electron chi connectivity index (χ4n) is 4.07. The van der Waals surface area contributed by atoms with Gasteiger partial charge in [0.05, 0.1) is 46.4 Å². The van der Waals surface area contributed by atoms with Crippen LogP contribution in [0, 0.1) is 0 Å². The standard InChI is InChI=1S/C23H26ClN7O4/c1-32-17-9-16(10-18(33-2)21(17)34-3)30-13-19(25-14-30)26-23-28-22(24)27-20-8-15(12-31(20)23)11-29-4-6-35-7-5-29/h8-10,12-14H,4-7,11H2,1-3H3,(H,26,27,28). The summed E-state index contributed by atoms with van der Waals surface area (Å²) in [6.07, 6.45) is 5.53. The van der Waals surface area contributed by atoms with Gasteiger partial charge in [0.1, 0.15) is 12.0 Å². The molecule has 0 unspecified atom stereocenters. The van der Waals surface area contributed by atoms with Crippen molar-refractivity contribution in [2.45, 2.75) is 6.54 Å². The van der Waals surface area contributed by atoms with Gasteiger partial charge >= 0.3 is 0 Å². The number of anilines is 2. The van der Waals surface area contributed by atoms with E-state index in [1.165, 1.54) is 0 Å². The van der Waals surface area contributed by atoms with Gasteiger partial charge < -0.3 is 28.8 Å². The highest BCUT2D eigenvalue weighted by Crippen LogP contribution is 2.39. The van der Waals surface area contributed by atoms with Gasteiger partial charge in [0.2, 0.25) is 17.0 Å². The number of morpholine rings is 1. The lowest BCUT2D eigenvalue weighted by atomic mass is 10.2. The average molecular weight is 500 g/mol. The molecule has 0 saturated carbocycles. The summed E-state index contributed by atoms with van der Waals surface area (Å²) in [7, 11) is 4.73. The van der Waals surface area contributed by atoms with E-state index in [1.807, 2.05) is 39.6 Å². The number of benzene rings is 1. The molecule has 5 rings (SSSR count). The maximum atomic E-state index is 6.22. The van der Waals surface area contributed by atoms with E-state index in [0.717, 1.165) is 44.1 Å². The van der Waals surface area contributed by atoms with E-state index >= 15 is 0 Å². The summed E-state index contributed by atoms with van der Waals surface area (Å²) in [4.78, 5) is 15.6. The van der Waals surface area contributed by atoms with E-state index < -0.39 is 0 Å². The quantitative estimate of drug-likeness (QED) is 0.391. The Balaban J connectivity index is 1.42. The van der Waals surface area contributed by atoms with E-state index in [9.17, 15) is 0 Å². The minimum absolute atomic E-state index is 0.153. The number of nitrogens with zero attached hydrogens (tertiary/aromatic N) is 6. The molecule has 11 nitrogen and oxygen atoms in total. The highest BCUT2D eigenvalue weighted by Gasteiger charge is 2.16. The van der Waals surface area contributed by atoms with E-state index in [0.29, 0.717) is 34.7 Å². The van der Waals surface area contributed by atoms with Gasteiger partial charge in [0.25, 0.3) is 0 Å². The number of imidazole rings is 1. The van der Waals surface area contributed by atoms with Crippen molar-refractivity contribution in [3.8, 4) is 22.9 Å². The zero-order chi connectivity index (χ0) is 24.4. The van der Waals surface area contributed by atoms with Crippen molar-refractivity contribution in [3.63, 3.8) is 0 Å². The van der Waals surface area contributed by atoms with Gasteiger partial charge in [-0.3, -0.25) is 9.30 Å². The number of nitrogens with one attached hydrogen (secondary N) is 1. The van der Waals surface area contributed by atoms with Gasteiger partial charge in [0, 0.05) is 38.0 Å². The third-order valence-corrected chi connectivity index (χ3v) is 5.94. The predicted octanol–water partition coefficient (Wildman–Crippen LogP) is 3.17. The van der Waals surface area contributed by atoms with Crippen LogP contribution in [0.25, 0.3) is 11.3 Å². The highest BCUT2D eigenvalue weighted by atomic mass is 35.5. The van der Waals surface area contributed by atoms with Crippen LogP contribution in [0.15, 0.2) is 36.9 Å². The Bertz CT molecular complexity index is 1310. The third kappa shape index (κ3) is 4.83. The molecule has 0 aliphatic carbocycles. The number of fused-ring (bicyclic) bond motifs is 1. The third-order valence-electron chi connectivity index (χ3n) is 5.77. The molecule has 35 heavy (non-hydrogen) atoms. The first kappa shape index (κ1) is 23.2. The van der Waals surface area contributed by atoms with Crippen molar-refractivity contribution in [1.29, 1.82) is 0 Å². The Labute approximate surface area is 207 Å². The van der Waals surface area contributed by atoms with Crippen LogP contribution in [0.3, 0.4) is 0 Å². The van der Waals surface area contributed by atoms with Crippen molar-refractivity contribution >= 4 is 29.0 Å². The lowest BCUT2D eigenvalue weighted by Gasteiger charge is -2.25. The van der Waals surface area contributed by atoms with Crippen molar-refractivity contribution in [1.82, 2.24) is 28.8 Å². The highest BCUT2D eigenvalue weighted by molar-refractivity contribution is 6.28. The molecule has 3 aromatic heterocycles. The minimum Gasteiger partial charge on any atom is -0.493 e. The van der Waals surface area contributed by atoms with Crippen LogP contribution in [0.5, 0.6) is 17.2 Å². The van der Waals surface area contributed by atoms with Crippen molar-refractivity contribution in [2.75, 3.05) is 52.9 Å². The zero-order valence-corrected chi connectivity index (χ0v) is 20.4. The normalized spacial score (nSPS) is 14.3. The van der Waals surface area contributed by atoms with E-state index in [2.05, 4.69) is 25.2 Å². The summed E-state index contributed by atoms with van der Waals surface area (Å²) in [6.45, 7) is 4.12. The Morgan fingerprint density at radius 2 is 1.74 bits per heavy atom. The van der Waals surface area contributed by atoms with Crippen LogP contribution in [-0.4, -0.2) is 76.5 Å². The summed E-state index contributed by atoms with van der Waals surface area (Å²) in [6, 6.07) is 5.70. The largest absolute Gasteiger partial charge is 0.493 e. The van der Waals surface area contributed by atoms with Gasteiger partial charge in [-0.1, -0.05) is 0 Å². The molecule has 4 aromatic rings. The molecule has 0 spiro atoms. The maximum Gasteiger partial charge on any atom is 0.227 e. The van der Waals surface area contributed by atoms with E-state index in [-0.39, 0.29) is 5.28 Å². The maximum absolute atomic E-state index is 6.22. The zero-order valence-electron chi connectivity index (χ0n) is 19.7. The number of aromatic nitrogens is 5. The Hall–Kier alpha value is -3.54. The molecule has 1 aromatic carbocycles. The van der Waals surface area contributed by atoms with Gasteiger partial charge in [-0.25, -0.2) is 4.98 Å². The summed E-state index contributed by atoms with van der Waals surface area (Å²) in [5.41, 5.74) is 2.62. The van der Waals surface area contributed by atoms with Crippen LogP contribution in [0.4, 0.5) is 11.8 Å². The fourth-order valence-corrected chi connectivity index (χ4v) is 4.24. The summed E-state index contributed by atoms with van der Waals surface area (Å²) in [5, 5.41) is 3.40. The minimum atomic E-state index is 0.153. The van der Waals surface area contributed by atoms with Crippen LogP contribution in [0.1, 0.15) is 5.56 Å². The molecule has 4 heterocycles. The first-order valence-electron chi connectivity index (χ1n) is 11.0. The number of rotatable bonds is 8. The lowest BCUT2D eigenvalue weighted by molar-refractivity contribution is 0.0342. The molecule has 1 aliphatic heterocycles. The van der Waals surface area contributed by atoms with Crippen molar-refractivity contribution in [3.05, 3.63) is 47.8 Å². The predicted molar refractivity (Wildman–Crippen MR) is 131 cm³/mol. The van der Waals surface area contributed by atoms with E-state index in [4.69, 9.17) is 30.5 Å². The molecule has 1 N–H and O–H groups in total. The number of methoxy groups -OCH3 is 3. The first-order chi connectivity index (χ1) is 17.1. The Morgan fingerprint density at radius 1 is 1.00 bits per heavy atom. The summed E-state index contributed by atoms with van der Waals surface area (Å²) < 4.78 is 25.5. The first-order valence-corrected chi connectivity index (χ1v) is 11.4. The molecule has 1 saturated heterocycles. The van der Waals surface area contributed by atoms with Crippen molar-refractivity contribution in [2.24, 2.45) is 0 Å². The van der Waals surface area contributed by atoms with Gasteiger partial charge in [0.15, 0.2) is 17.3 Å². The number of ether oxygens (including phenoxy) is 4. The number of halogens is 1. The second-order valence-corrected chi connectivity index (χ2v) is 8.29. The molecule has 1 aliphatic rings. The smallest absolute Gasteiger partial charge is 0.227 e. The second-order valence-electron chi connectivity index (χ2n) is 7.96. The molecule has 12 heteroatoms. The van der Waals surface area contributed by atoms with Crippen LogP contribution in [0.2, 0.25) is 5.28 Å². The summed E-state index contributed by atoms with van der Waals surface area (Å²) in [5.74, 6) is 2.72. The van der Waals surface area contributed by atoms with Gasteiger partial charge in [-0.2, -0.15) is 9.97 Å². The molecule has 184 valence electrons. The van der Waals surface area contributed by atoms with E-state index in [1.54, 1.807) is 27.7 Å². The monoisotopic (exact) mass is 499 g/mol. The molecule has 0 atom stereocenters. The molecule has 0 radical (unpaired) electrons. The van der Waals surface area contributed by atoms with Crippen LogP contribution < -0.4 is 19.5 Å². The fraction of sp³-hybridized carbons (Fsp3) is 0.348. The summed E-state index contributed by atoms with van der Waals surface area (Å²) >= 11 is 6.22. The number of hydrogen-bond acceptors (Lipinski definition) is 9. The second kappa shape index (κ2) is 9.98. The SMILES string of the molecule is COc1cc(-n2cnc(Nc3nc(Cl)nc4cc(CN5CCOCC5)cn34)c2)cc(OC)c1OC. The van der Waals surface area contributed by atoms with Gasteiger partial charge in [-0.05, 0) is 23.2 Å². The van der Waals surface area contributed by atoms with Crippen molar-refractivity contribution < 1.29 is 18.9 Å².